The van der Waals surface area contributed by atoms with Crippen LogP contribution in [0.2, 0.25) is 0 Å². The predicted molar refractivity (Wildman–Crippen MR) is 82.4 cm³/mol. The number of ether oxygens (including phenoxy) is 1. The molecule has 1 aromatic carbocycles. The lowest BCUT2D eigenvalue weighted by Gasteiger charge is -2.39. The van der Waals surface area contributed by atoms with Gasteiger partial charge in [0.1, 0.15) is 0 Å². The first-order chi connectivity index (χ1) is 8.95. The van der Waals surface area contributed by atoms with Crippen LogP contribution in [0.1, 0.15) is 30.1 Å². The Morgan fingerprint density at radius 1 is 1.42 bits per heavy atom. The van der Waals surface area contributed by atoms with Gasteiger partial charge in [-0.15, -0.1) is 0 Å². The Labute approximate surface area is 130 Å². The van der Waals surface area contributed by atoms with Gasteiger partial charge in [-0.05, 0) is 53.9 Å². The van der Waals surface area contributed by atoms with E-state index in [4.69, 9.17) is 4.74 Å². The Bertz CT molecular complexity index is 492. The second-order valence-corrected chi connectivity index (χ2v) is 6.88. The average Bonchev–Trinajstić information content (AvgIpc) is 2.41. The van der Waals surface area contributed by atoms with E-state index in [1.807, 2.05) is 23.1 Å². The summed E-state index contributed by atoms with van der Waals surface area (Å²) in [5.41, 5.74) is 0.460. The van der Waals surface area contributed by atoms with Crippen LogP contribution in [-0.2, 0) is 4.74 Å². The Hall–Kier alpha value is -0.390. The highest BCUT2D eigenvalue weighted by molar-refractivity contribution is 9.11. The summed E-state index contributed by atoms with van der Waals surface area (Å²) in [7, 11) is 1.71. The number of carbonyl (C=O) groups excluding carboxylic acids is 1. The zero-order valence-corrected chi connectivity index (χ0v) is 14.3. The third-order valence-electron chi connectivity index (χ3n) is 3.60. The second kappa shape index (κ2) is 5.94. The molecule has 5 heteroatoms. The van der Waals surface area contributed by atoms with E-state index in [0.717, 1.165) is 28.3 Å². The molecule has 1 aliphatic rings. The number of methoxy groups -OCH3 is 1. The quantitative estimate of drug-likeness (QED) is 0.767. The van der Waals surface area contributed by atoms with Crippen LogP contribution in [0.25, 0.3) is 0 Å². The summed E-state index contributed by atoms with van der Waals surface area (Å²) in [6.07, 6.45) is 1.97. The molecule has 1 amide bonds. The summed E-state index contributed by atoms with van der Waals surface area (Å²) in [5.74, 6) is 0.0520. The van der Waals surface area contributed by atoms with Gasteiger partial charge in [0.05, 0.1) is 11.2 Å². The van der Waals surface area contributed by atoms with Gasteiger partial charge in [-0.3, -0.25) is 4.79 Å². The fourth-order valence-corrected chi connectivity index (χ4v) is 3.15. The summed E-state index contributed by atoms with van der Waals surface area (Å²) < 4.78 is 7.27. The summed E-state index contributed by atoms with van der Waals surface area (Å²) in [6, 6.07) is 5.65. The maximum Gasteiger partial charge on any atom is 0.255 e. The van der Waals surface area contributed by atoms with E-state index in [1.54, 1.807) is 7.11 Å². The normalized spacial score (nSPS) is 23.5. The molecule has 1 heterocycles. The van der Waals surface area contributed by atoms with E-state index in [-0.39, 0.29) is 11.5 Å². The van der Waals surface area contributed by atoms with E-state index in [2.05, 4.69) is 38.8 Å². The highest BCUT2D eigenvalue weighted by Gasteiger charge is 2.33. The first-order valence-corrected chi connectivity index (χ1v) is 7.83. The molecule has 1 unspecified atom stereocenters. The topological polar surface area (TPSA) is 29.5 Å². The van der Waals surface area contributed by atoms with Crippen molar-refractivity contribution in [1.82, 2.24) is 4.90 Å². The Kier molecular flexibility index (Phi) is 4.69. The van der Waals surface area contributed by atoms with Crippen LogP contribution in [0.3, 0.4) is 0 Å². The molecule has 0 radical (unpaired) electrons. The molecule has 19 heavy (non-hydrogen) atoms. The fraction of sp³-hybridized carbons (Fsp3) is 0.500. The van der Waals surface area contributed by atoms with E-state index < -0.39 is 0 Å². The van der Waals surface area contributed by atoms with Crippen LogP contribution in [0.4, 0.5) is 0 Å². The molecule has 1 aromatic rings. The van der Waals surface area contributed by atoms with Crippen molar-refractivity contribution < 1.29 is 9.53 Å². The summed E-state index contributed by atoms with van der Waals surface area (Å²) in [5, 5.41) is 0. The van der Waals surface area contributed by atoms with Gasteiger partial charge in [0.2, 0.25) is 0 Å². The number of amides is 1. The van der Waals surface area contributed by atoms with Gasteiger partial charge in [-0.25, -0.2) is 0 Å². The average molecular weight is 391 g/mol. The largest absolute Gasteiger partial charge is 0.377 e. The number of nitrogens with zero attached hydrogens (tertiary/aromatic N) is 1. The minimum atomic E-state index is -0.230. The second-order valence-electron chi connectivity index (χ2n) is 5.11. The van der Waals surface area contributed by atoms with Gasteiger partial charge in [0.25, 0.3) is 5.91 Å². The first kappa shape index (κ1) is 15.0. The molecule has 0 spiro atoms. The van der Waals surface area contributed by atoms with Crippen molar-refractivity contribution in [3.8, 4) is 0 Å². The minimum Gasteiger partial charge on any atom is -0.377 e. The van der Waals surface area contributed by atoms with E-state index >= 15 is 0 Å². The predicted octanol–water partition coefficient (Wildman–Crippen LogP) is 3.85. The summed E-state index contributed by atoms with van der Waals surface area (Å²) in [4.78, 5) is 14.5. The maximum atomic E-state index is 12.6. The third kappa shape index (κ3) is 3.38. The van der Waals surface area contributed by atoms with Crippen LogP contribution < -0.4 is 0 Å². The van der Waals surface area contributed by atoms with Crippen LogP contribution >= 0.6 is 31.9 Å². The highest BCUT2D eigenvalue weighted by atomic mass is 79.9. The zero-order chi connectivity index (χ0) is 14.0. The molecule has 0 N–H and O–H groups in total. The summed E-state index contributed by atoms with van der Waals surface area (Å²) in [6.45, 7) is 3.49. The Balaban J connectivity index is 2.22. The zero-order valence-electron chi connectivity index (χ0n) is 11.1. The number of halogens is 2. The molecule has 1 saturated heterocycles. The lowest BCUT2D eigenvalue weighted by Crippen LogP contribution is -2.49. The van der Waals surface area contributed by atoms with Crippen molar-refractivity contribution in [3.05, 3.63) is 32.7 Å². The molecule has 1 atom stereocenters. The molecule has 0 bridgehead atoms. The van der Waals surface area contributed by atoms with Gasteiger partial charge in [-0.2, -0.15) is 0 Å². The van der Waals surface area contributed by atoms with Crippen molar-refractivity contribution in [2.45, 2.75) is 25.4 Å². The van der Waals surface area contributed by atoms with Crippen LogP contribution in [0.5, 0.6) is 0 Å². The number of hydrogen-bond donors (Lipinski definition) is 0. The molecular formula is C14H17Br2NO2. The van der Waals surface area contributed by atoms with E-state index in [0.29, 0.717) is 12.1 Å². The van der Waals surface area contributed by atoms with Gasteiger partial charge < -0.3 is 9.64 Å². The molecule has 0 aliphatic carbocycles. The fourth-order valence-electron chi connectivity index (χ4n) is 2.38. The number of piperidine rings is 1. The van der Waals surface area contributed by atoms with Crippen molar-refractivity contribution in [2.24, 2.45) is 0 Å². The number of likely N-dealkylation sites (tertiary alicyclic amines) is 1. The minimum absolute atomic E-state index is 0.0520. The van der Waals surface area contributed by atoms with Crippen molar-refractivity contribution in [2.75, 3.05) is 20.2 Å². The van der Waals surface area contributed by atoms with Crippen molar-refractivity contribution >= 4 is 37.8 Å². The number of hydrogen-bond acceptors (Lipinski definition) is 2. The Morgan fingerprint density at radius 3 is 2.84 bits per heavy atom. The van der Waals surface area contributed by atoms with Crippen LogP contribution in [-0.4, -0.2) is 36.6 Å². The number of rotatable bonds is 2. The van der Waals surface area contributed by atoms with Gasteiger partial charge in [-0.1, -0.05) is 15.9 Å². The Morgan fingerprint density at radius 2 is 2.16 bits per heavy atom. The van der Waals surface area contributed by atoms with E-state index in [9.17, 15) is 4.79 Å². The molecule has 1 fully saturated rings. The van der Waals surface area contributed by atoms with E-state index in [1.165, 1.54) is 0 Å². The van der Waals surface area contributed by atoms with Crippen LogP contribution in [0, 0.1) is 0 Å². The van der Waals surface area contributed by atoms with Gasteiger partial charge >= 0.3 is 0 Å². The SMILES string of the molecule is COC1(C)CCCN(C(=O)c2cc(Br)ccc2Br)C1. The molecule has 2 rings (SSSR count). The molecule has 104 valence electrons. The standard InChI is InChI=1S/C14H17Br2NO2/c1-14(19-2)6-3-7-17(9-14)13(18)11-8-10(15)4-5-12(11)16/h4-5,8H,3,6-7,9H2,1-2H3. The number of benzene rings is 1. The van der Waals surface area contributed by atoms with Crippen molar-refractivity contribution in [3.63, 3.8) is 0 Å². The molecule has 0 saturated carbocycles. The first-order valence-electron chi connectivity index (χ1n) is 6.25. The monoisotopic (exact) mass is 389 g/mol. The molecular weight excluding hydrogens is 374 g/mol. The lowest BCUT2D eigenvalue weighted by molar-refractivity contribution is -0.0440. The number of carbonyl (C=O) groups is 1. The van der Waals surface area contributed by atoms with Gasteiger partial charge in [0.15, 0.2) is 0 Å². The van der Waals surface area contributed by atoms with Crippen molar-refractivity contribution in [1.29, 1.82) is 0 Å². The van der Waals surface area contributed by atoms with Crippen LogP contribution in [0.15, 0.2) is 27.1 Å². The smallest absolute Gasteiger partial charge is 0.255 e. The molecule has 3 nitrogen and oxygen atoms in total. The molecule has 1 aliphatic heterocycles. The summed E-state index contributed by atoms with van der Waals surface area (Å²) >= 11 is 6.85. The molecule has 0 aromatic heterocycles. The lowest BCUT2D eigenvalue weighted by atomic mass is 9.94. The highest BCUT2D eigenvalue weighted by Crippen LogP contribution is 2.28. The van der Waals surface area contributed by atoms with Gasteiger partial charge in [0, 0.05) is 29.1 Å². The maximum absolute atomic E-state index is 12.6. The third-order valence-corrected chi connectivity index (χ3v) is 4.78.